The van der Waals surface area contributed by atoms with Gasteiger partial charge in [-0.05, 0) is 6.07 Å². The van der Waals surface area contributed by atoms with Crippen LogP contribution >= 0.6 is 15.9 Å². The minimum atomic E-state index is -6.00. The Morgan fingerprint density at radius 2 is 1.71 bits per heavy atom. The molecule has 0 aliphatic heterocycles. The molecule has 0 saturated heterocycles. The van der Waals surface area contributed by atoms with Crippen LogP contribution in [0.2, 0.25) is 0 Å². The normalized spacial score (nSPS) is 9.71. The van der Waals surface area contributed by atoms with Crippen LogP contribution in [0.5, 0.6) is 0 Å². The lowest BCUT2D eigenvalue weighted by molar-refractivity contribution is 0.368. The smallest absolute Gasteiger partial charge is 0.418 e. The van der Waals surface area contributed by atoms with Crippen LogP contribution in [0, 0.1) is 5.39 Å². The van der Waals surface area contributed by atoms with Crippen LogP contribution in [0.25, 0.3) is 4.98 Å². The van der Waals surface area contributed by atoms with Crippen molar-refractivity contribution in [3.05, 3.63) is 33.7 Å². The quantitative estimate of drug-likeness (QED) is 0.394. The van der Waals surface area contributed by atoms with E-state index in [4.69, 9.17) is 5.39 Å². The second-order valence-electron chi connectivity index (χ2n) is 2.07. The van der Waals surface area contributed by atoms with Gasteiger partial charge in [0.15, 0.2) is 4.98 Å². The van der Waals surface area contributed by atoms with Gasteiger partial charge in [-0.2, -0.15) is 0 Å². The van der Waals surface area contributed by atoms with Gasteiger partial charge in [0.2, 0.25) is 5.39 Å². The number of benzene rings is 1. The highest BCUT2D eigenvalue weighted by Gasteiger charge is 2.20. The van der Waals surface area contributed by atoms with E-state index in [1.165, 1.54) is 0 Å². The number of rotatable bonds is 0. The number of nitrogens with zero attached hydrogens (tertiary/aromatic N) is 2. The van der Waals surface area contributed by atoms with Gasteiger partial charge in [0, 0.05) is 16.6 Å². The van der Waals surface area contributed by atoms with Crippen LogP contribution in [0.1, 0.15) is 0 Å². The first-order valence-corrected chi connectivity index (χ1v) is 4.10. The summed E-state index contributed by atoms with van der Waals surface area (Å²) in [6, 6.07) is 7.11. The van der Waals surface area contributed by atoms with Crippen molar-refractivity contribution < 1.29 is 17.3 Å². The Morgan fingerprint density at radius 1 is 1.21 bits per heavy atom. The molecule has 0 spiro atoms. The van der Waals surface area contributed by atoms with Crippen molar-refractivity contribution in [1.82, 2.24) is 0 Å². The molecule has 0 fully saturated rings. The van der Waals surface area contributed by atoms with Crippen LogP contribution in [-0.2, 0) is 0 Å². The van der Waals surface area contributed by atoms with Crippen LogP contribution in [0.4, 0.5) is 23.0 Å². The Labute approximate surface area is 85.8 Å². The van der Waals surface area contributed by atoms with Gasteiger partial charge >= 0.3 is 12.9 Å². The van der Waals surface area contributed by atoms with E-state index in [0.717, 1.165) is 4.47 Å². The summed E-state index contributed by atoms with van der Waals surface area (Å²) in [7, 11) is -6.00. The molecule has 0 amide bonds. The fourth-order valence-electron chi connectivity index (χ4n) is 0.538. The average Bonchev–Trinajstić information content (AvgIpc) is 2.01. The number of diazo groups is 1. The van der Waals surface area contributed by atoms with E-state index in [-0.39, 0.29) is 0 Å². The molecule has 1 aromatic rings. The van der Waals surface area contributed by atoms with Crippen molar-refractivity contribution in [2.24, 2.45) is 0 Å². The van der Waals surface area contributed by atoms with Crippen molar-refractivity contribution in [3.8, 4) is 0 Å². The van der Waals surface area contributed by atoms with Crippen molar-refractivity contribution >= 4 is 28.9 Å². The van der Waals surface area contributed by atoms with E-state index < -0.39 is 7.25 Å². The van der Waals surface area contributed by atoms with E-state index in [1.807, 2.05) is 6.07 Å². The predicted molar refractivity (Wildman–Crippen MR) is 49.1 cm³/mol. The van der Waals surface area contributed by atoms with Gasteiger partial charge < -0.3 is 17.3 Å². The van der Waals surface area contributed by atoms with Gasteiger partial charge in [-0.25, -0.2) is 0 Å². The maximum Gasteiger partial charge on any atom is 0.673 e. The molecule has 1 aromatic carbocycles. The number of hydrogen-bond donors (Lipinski definition) is 0. The van der Waals surface area contributed by atoms with Crippen molar-refractivity contribution in [2.45, 2.75) is 0 Å². The Morgan fingerprint density at radius 3 is 2.00 bits per heavy atom. The summed E-state index contributed by atoms with van der Waals surface area (Å²) in [4.78, 5) is 3.00. The molecule has 0 heterocycles. The topological polar surface area (TPSA) is 28.1 Å². The Balaban J connectivity index is 0.000000292. The van der Waals surface area contributed by atoms with E-state index in [9.17, 15) is 17.3 Å². The van der Waals surface area contributed by atoms with Gasteiger partial charge in [-0.3, -0.25) is 0 Å². The van der Waals surface area contributed by atoms with Crippen molar-refractivity contribution in [2.75, 3.05) is 0 Å². The molecule has 0 N–H and O–H groups in total. The van der Waals surface area contributed by atoms with Crippen LogP contribution in [0.15, 0.2) is 28.7 Å². The molecular formula is C6H4BBrF4N2. The highest BCUT2D eigenvalue weighted by atomic mass is 79.9. The standard InChI is InChI=1S/C6H4BrN2.BF4/c7-5-2-1-3-6(4-5)9-8;2-1(3,4)5/h1-4H;/q+1;-1. The van der Waals surface area contributed by atoms with E-state index in [2.05, 4.69) is 20.9 Å². The SMILES string of the molecule is F[B-](F)(F)F.N#[N+]c1cccc(Br)c1. The first kappa shape index (κ1) is 12.9. The highest BCUT2D eigenvalue weighted by Crippen LogP contribution is 2.17. The molecule has 0 aliphatic carbocycles. The second-order valence-corrected chi connectivity index (χ2v) is 2.99. The average molecular weight is 271 g/mol. The molecule has 0 radical (unpaired) electrons. The second kappa shape index (κ2) is 5.60. The minimum Gasteiger partial charge on any atom is -0.418 e. The maximum absolute atomic E-state index is 9.75. The monoisotopic (exact) mass is 270 g/mol. The van der Waals surface area contributed by atoms with Crippen LogP contribution in [0.3, 0.4) is 0 Å². The molecule has 0 aliphatic rings. The van der Waals surface area contributed by atoms with E-state index in [1.54, 1.807) is 18.2 Å². The van der Waals surface area contributed by atoms with Crippen LogP contribution in [-0.4, -0.2) is 7.25 Å². The molecule has 8 heteroatoms. The molecule has 0 saturated carbocycles. The lowest BCUT2D eigenvalue weighted by atomic mass is 10.3. The molecule has 14 heavy (non-hydrogen) atoms. The molecule has 1 rings (SSSR count). The molecule has 0 unspecified atom stereocenters. The lowest BCUT2D eigenvalue weighted by Crippen LogP contribution is -2.02. The van der Waals surface area contributed by atoms with Gasteiger partial charge in [-0.15, -0.1) is 0 Å². The third-order valence-corrected chi connectivity index (χ3v) is 1.42. The van der Waals surface area contributed by atoms with E-state index in [0.29, 0.717) is 5.69 Å². The summed E-state index contributed by atoms with van der Waals surface area (Å²) >= 11 is 3.23. The summed E-state index contributed by atoms with van der Waals surface area (Å²) in [5.74, 6) is 0. The first-order valence-electron chi connectivity index (χ1n) is 3.31. The summed E-state index contributed by atoms with van der Waals surface area (Å²) in [5.41, 5.74) is 0.560. The summed E-state index contributed by atoms with van der Waals surface area (Å²) < 4.78 is 39.9. The zero-order chi connectivity index (χ0) is 11.2. The highest BCUT2D eigenvalue weighted by molar-refractivity contribution is 9.10. The molecule has 0 bridgehead atoms. The lowest BCUT2D eigenvalue weighted by Gasteiger charge is -1.94. The molecular weight excluding hydrogens is 267 g/mol. The summed E-state index contributed by atoms with van der Waals surface area (Å²) in [5, 5.41) is 8.27. The summed E-state index contributed by atoms with van der Waals surface area (Å²) in [6.07, 6.45) is 0. The zero-order valence-corrected chi connectivity index (χ0v) is 8.26. The molecule has 0 aromatic heterocycles. The fourth-order valence-corrected chi connectivity index (χ4v) is 0.925. The van der Waals surface area contributed by atoms with Gasteiger partial charge in [0.1, 0.15) is 0 Å². The molecule has 76 valence electrons. The third kappa shape index (κ3) is 9.00. The van der Waals surface area contributed by atoms with Crippen molar-refractivity contribution in [3.63, 3.8) is 0 Å². The summed E-state index contributed by atoms with van der Waals surface area (Å²) in [6.45, 7) is 0. The first-order chi connectivity index (χ1) is 6.33. The van der Waals surface area contributed by atoms with Gasteiger partial charge in [0.25, 0.3) is 0 Å². The van der Waals surface area contributed by atoms with Crippen molar-refractivity contribution in [1.29, 1.82) is 5.39 Å². The predicted octanol–water partition coefficient (Wildman–Crippen LogP) is 4.23. The Kier molecular flexibility index (Phi) is 5.16. The van der Waals surface area contributed by atoms with Crippen LogP contribution < -0.4 is 0 Å². The molecule has 0 atom stereocenters. The van der Waals surface area contributed by atoms with Gasteiger partial charge in [-0.1, -0.05) is 22.0 Å². The van der Waals surface area contributed by atoms with Gasteiger partial charge in [0.05, 0.1) is 0 Å². The Hall–Kier alpha value is -1.10. The number of halogens is 5. The molecule has 2 nitrogen and oxygen atoms in total. The fraction of sp³-hybridized carbons (Fsp3) is 0. The van der Waals surface area contributed by atoms with E-state index >= 15 is 0 Å². The number of hydrogen-bond acceptors (Lipinski definition) is 1. The maximum atomic E-state index is 9.75. The largest absolute Gasteiger partial charge is 0.673 e. The zero-order valence-electron chi connectivity index (χ0n) is 6.67. The Bertz CT molecular complexity index is 329. The minimum absolute atomic E-state index is 0.560. The third-order valence-electron chi connectivity index (χ3n) is 0.924.